The molecule has 2 aromatic carbocycles. The molecule has 0 aliphatic carbocycles. The molecule has 2 rings (SSSR count). The van der Waals surface area contributed by atoms with Gasteiger partial charge in [-0.25, -0.2) is 4.79 Å². The van der Waals surface area contributed by atoms with Gasteiger partial charge in [-0.2, -0.15) is 0 Å². The second-order valence-corrected chi connectivity index (χ2v) is 14.4. The molecule has 274 valence electrons. The number of hydrogen-bond acceptors (Lipinski definition) is 7. The van der Waals surface area contributed by atoms with Crippen molar-refractivity contribution < 1.29 is 38.6 Å². The zero-order valence-corrected chi connectivity index (χ0v) is 30.3. The Morgan fingerprint density at radius 3 is 1.70 bits per heavy atom. The molecule has 0 unspecified atom stereocenters. The summed E-state index contributed by atoms with van der Waals surface area (Å²) in [5, 5.41) is 23.7. The molecular weight excluding hydrogens is 642 g/mol. The maximum absolute atomic E-state index is 13.5. The molecule has 0 radical (unpaired) electrons. The summed E-state index contributed by atoms with van der Waals surface area (Å²) in [6.07, 6.45) is -0.337. The van der Waals surface area contributed by atoms with Crippen LogP contribution in [0.1, 0.15) is 78.9 Å². The van der Waals surface area contributed by atoms with Gasteiger partial charge in [-0.1, -0.05) is 60.7 Å². The van der Waals surface area contributed by atoms with Gasteiger partial charge in [-0.3, -0.25) is 24.0 Å². The molecule has 0 aliphatic heterocycles. The third-order valence-electron chi connectivity index (χ3n) is 7.88. The molecule has 13 nitrogen and oxygen atoms in total. The number of hydrogen-bond donors (Lipinski definition) is 6. The van der Waals surface area contributed by atoms with Crippen LogP contribution >= 0.6 is 0 Å². The van der Waals surface area contributed by atoms with E-state index in [4.69, 9.17) is 4.74 Å². The minimum absolute atomic E-state index is 0.0652. The molecule has 13 heteroatoms. The van der Waals surface area contributed by atoms with E-state index in [1.165, 1.54) is 34.7 Å². The monoisotopic (exact) mass is 695 g/mol. The number of ether oxygens (including phenoxy) is 1. The number of nitrogens with one attached hydrogen (secondary N) is 5. The van der Waals surface area contributed by atoms with Gasteiger partial charge >= 0.3 is 12.1 Å². The average molecular weight is 696 g/mol. The van der Waals surface area contributed by atoms with Crippen LogP contribution in [0.25, 0.3) is 0 Å². The third kappa shape index (κ3) is 14.3. The summed E-state index contributed by atoms with van der Waals surface area (Å²) >= 11 is 0. The molecule has 6 N–H and O–H groups in total. The maximum atomic E-state index is 13.5. The van der Waals surface area contributed by atoms with Crippen molar-refractivity contribution in [3.05, 3.63) is 71.8 Å². The van der Waals surface area contributed by atoms with E-state index in [1.54, 1.807) is 51.1 Å². The van der Waals surface area contributed by atoms with Gasteiger partial charge in [0.2, 0.25) is 23.6 Å². The van der Waals surface area contributed by atoms with E-state index in [0.29, 0.717) is 18.4 Å². The normalized spacial score (nSPS) is 13.5. The minimum atomic E-state index is -1.50. The molecule has 0 heterocycles. The lowest BCUT2D eigenvalue weighted by atomic mass is 9.89. The first kappa shape index (κ1) is 41.2. The van der Waals surface area contributed by atoms with Crippen LogP contribution in [0.4, 0.5) is 4.79 Å². The summed E-state index contributed by atoms with van der Waals surface area (Å²) in [6.45, 7) is 11.0. The molecule has 50 heavy (non-hydrogen) atoms. The summed E-state index contributed by atoms with van der Waals surface area (Å²) < 4.78 is 5.28. The van der Waals surface area contributed by atoms with Gasteiger partial charge < -0.3 is 36.4 Å². The fourth-order valence-electron chi connectivity index (χ4n) is 5.10. The lowest BCUT2D eigenvalue weighted by molar-refractivity contribution is -0.146. The van der Waals surface area contributed by atoms with E-state index in [1.807, 2.05) is 30.3 Å². The van der Waals surface area contributed by atoms with Crippen molar-refractivity contribution in [3.63, 3.8) is 0 Å². The van der Waals surface area contributed by atoms with Crippen LogP contribution in [0.5, 0.6) is 0 Å². The van der Waals surface area contributed by atoms with Crippen molar-refractivity contribution in [2.75, 3.05) is 7.05 Å². The van der Waals surface area contributed by atoms with E-state index < -0.39 is 70.9 Å². The standard InChI is InChI=1S/C37H53N5O8/c1-35(2,3)50-34(49)42-37(6,7)33(48)40-28(22-25-17-13-10-14-18-25)27(31(45)46)23-30(44)41-36(4,5)32(47)39-26(19-20-29(43)38-8)21-24-15-11-9-12-16-24/h9-18,26-28H,19-23H2,1-8H3,(H,38,43)(H,39,47)(H,40,48)(H,41,44)(H,42,49)(H,45,46)/t26-,27+,28+/m1/s1. The molecule has 3 atom stereocenters. The molecule has 0 saturated heterocycles. The lowest BCUT2D eigenvalue weighted by Crippen LogP contribution is -2.60. The van der Waals surface area contributed by atoms with E-state index in [9.17, 15) is 33.9 Å². The number of amides is 5. The van der Waals surface area contributed by atoms with Crippen LogP contribution in [0, 0.1) is 5.92 Å². The highest BCUT2D eigenvalue weighted by Gasteiger charge is 2.39. The molecule has 0 spiro atoms. The van der Waals surface area contributed by atoms with Crippen molar-refractivity contribution in [2.24, 2.45) is 5.92 Å². The minimum Gasteiger partial charge on any atom is -0.481 e. The fourth-order valence-corrected chi connectivity index (χ4v) is 5.10. The Hall–Kier alpha value is -4.94. The summed E-state index contributed by atoms with van der Waals surface area (Å²) in [5.41, 5.74) is -2.11. The van der Waals surface area contributed by atoms with Gasteiger partial charge in [0, 0.05) is 32.0 Å². The molecule has 0 fully saturated rings. The molecule has 2 aromatic rings. The van der Waals surface area contributed by atoms with E-state index in [0.717, 1.165) is 5.56 Å². The summed E-state index contributed by atoms with van der Waals surface area (Å²) in [7, 11) is 1.54. The molecule has 0 aliphatic rings. The number of alkyl carbamates (subject to hydrolysis) is 1. The van der Waals surface area contributed by atoms with Gasteiger partial charge in [-0.15, -0.1) is 0 Å². The highest BCUT2D eigenvalue weighted by Crippen LogP contribution is 2.19. The summed E-state index contributed by atoms with van der Waals surface area (Å²) in [5.74, 6) is -4.84. The first-order chi connectivity index (χ1) is 23.2. The number of aliphatic carboxylic acids is 1. The summed E-state index contributed by atoms with van der Waals surface area (Å²) in [6, 6.07) is 16.8. The topological polar surface area (TPSA) is 192 Å². The molecule has 0 saturated carbocycles. The van der Waals surface area contributed by atoms with Gasteiger partial charge in [0.05, 0.1) is 5.92 Å². The second kappa shape index (κ2) is 18.2. The van der Waals surface area contributed by atoms with Crippen molar-refractivity contribution in [1.82, 2.24) is 26.6 Å². The van der Waals surface area contributed by atoms with Gasteiger partial charge in [0.25, 0.3) is 0 Å². The number of carboxylic acids is 1. The largest absolute Gasteiger partial charge is 0.481 e. The van der Waals surface area contributed by atoms with Crippen LogP contribution in [0.2, 0.25) is 0 Å². The predicted molar refractivity (Wildman–Crippen MR) is 189 cm³/mol. The number of carboxylic acid groups (broad SMARTS) is 1. The Kier molecular flexibility index (Phi) is 15.0. The van der Waals surface area contributed by atoms with Crippen LogP contribution in [-0.2, 0) is 41.6 Å². The Labute approximate surface area is 294 Å². The Morgan fingerprint density at radius 1 is 0.700 bits per heavy atom. The highest BCUT2D eigenvalue weighted by molar-refractivity contribution is 5.93. The molecular formula is C37H53N5O8. The van der Waals surface area contributed by atoms with Crippen molar-refractivity contribution in [3.8, 4) is 0 Å². The Bertz CT molecular complexity index is 1470. The van der Waals surface area contributed by atoms with Crippen molar-refractivity contribution in [1.29, 1.82) is 0 Å². The third-order valence-corrected chi connectivity index (χ3v) is 7.88. The first-order valence-corrected chi connectivity index (χ1v) is 16.7. The van der Waals surface area contributed by atoms with E-state index >= 15 is 0 Å². The zero-order chi connectivity index (χ0) is 37.7. The maximum Gasteiger partial charge on any atom is 0.408 e. The lowest BCUT2D eigenvalue weighted by Gasteiger charge is -2.32. The van der Waals surface area contributed by atoms with E-state index in [2.05, 4.69) is 26.6 Å². The van der Waals surface area contributed by atoms with Crippen LogP contribution in [0.3, 0.4) is 0 Å². The summed E-state index contributed by atoms with van der Waals surface area (Å²) in [4.78, 5) is 77.5. The molecule has 0 bridgehead atoms. The number of carbonyl (C=O) groups excluding carboxylic acids is 5. The predicted octanol–water partition coefficient (Wildman–Crippen LogP) is 3.26. The van der Waals surface area contributed by atoms with Crippen LogP contribution in [-0.4, -0.2) is 76.6 Å². The fraction of sp³-hybridized carbons (Fsp3) is 0.514. The SMILES string of the molecule is CNC(=O)CC[C@H](Cc1ccccc1)NC(=O)C(C)(C)NC(=O)C[C@H](C(=O)O)[C@H](Cc1ccccc1)NC(=O)C(C)(C)NC(=O)OC(C)(C)C. The van der Waals surface area contributed by atoms with Crippen LogP contribution < -0.4 is 26.6 Å². The molecule has 0 aromatic heterocycles. The Balaban J connectivity index is 2.24. The first-order valence-electron chi connectivity index (χ1n) is 16.7. The number of benzene rings is 2. The van der Waals surface area contributed by atoms with Gasteiger partial charge in [0.15, 0.2) is 0 Å². The molecule has 5 amide bonds. The Morgan fingerprint density at radius 2 is 1.20 bits per heavy atom. The van der Waals surface area contributed by atoms with Crippen LogP contribution in [0.15, 0.2) is 60.7 Å². The second-order valence-electron chi connectivity index (χ2n) is 14.4. The van der Waals surface area contributed by atoms with E-state index in [-0.39, 0.29) is 18.7 Å². The highest BCUT2D eigenvalue weighted by atomic mass is 16.6. The smallest absolute Gasteiger partial charge is 0.408 e. The zero-order valence-electron chi connectivity index (χ0n) is 30.3. The van der Waals surface area contributed by atoms with Gasteiger partial charge in [-0.05, 0) is 78.9 Å². The van der Waals surface area contributed by atoms with Crippen molar-refractivity contribution >= 4 is 35.7 Å². The number of rotatable bonds is 17. The number of carbonyl (C=O) groups is 6. The average Bonchev–Trinajstić information content (AvgIpc) is 3.01. The quantitative estimate of drug-likeness (QED) is 0.145. The van der Waals surface area contributed by atoms with Gasteiger partial charge in [0.1, 0.15) is 16.7 Å². The van der Waals surface area contributed by atoms with Crippen molar-refractivity contribution in [2.45, 2.75) is 109 Å².